The van der Waals surface area contributed by atoms with Crippen molar-refractivity contribution in [3.63, 3.8) is 0 Å². The molecule has 162 valence electrons. The minimum atomic E-state index is -0.577. The van der Waals surface area contributed by atoms with E-state index in [1.54, 1.807) is 13.1 Å². The van der Waals surface area contributed by atoms with Gasteiger partial charge < -0.3 is 25.6 Å². The van der Waals surface area contributed by atoms with Crippen molar-refractivity contribution in [2.24, 2.45) is 0 Å². The van der Waals surface area contributed by atoms with Gasteiger partial charge in [-0.05, 0) is 42.5 Å². The first-order chi connectivity index (χ1) is 15.1. The molecule has 0 spiro atoms. The second-order valence-corrected chi connectivity index (χ2v) is 8.03. The van der Waals surface area contributed by atoms with Crippen molar-refractivity contribution in [3.05, 3.63) is 58.7 Å². The first-order valence-electron chi connectivity index (χ1n) is 9.98. The van der Waals surface area contributed by atoms with Gasteiger partial charge in [0.25, 0.3) is 0 Å². The lowest BCUT2D eigenvalue weighted by Gasteiger charge is -2.29. The van der Waals surface area contributed by atoms with Crippen LogP contribution in [0.3, 0.4) is 0 Å². The van der Waals surface area contributed by atoms with E-state index >= 15 is 0 Å². The van der Waals surface area contributed by atoms with Gasteiger partial charge in [0, 0.05) is 50.2 Å². The van der Waals surface area contributed by atoms with Crippen molar-refractivity contribution in [1.29, 1.82) is 0 Å². The van der Waals surface area contributed by atoms with E-state index in [0.717, 1.165) is 31.9 Å². The molecule has 1 saturated heterocycles. The van der Waals surface area contributed by atoms with Crippen LogP contribution in [0.2, 0.25) is 0 Å². The molecule has 4 rings (SSSR count). The van der Waals surface area contributed by atoms with E-state index in [0.29, 0.717) is 15.8 Å². The van der Waals surface area contributed by atoms with Crippen molar-refractivity contribution in [3.8, 4) is 5.75 Å². The van der Waals surface area contributed by atoms with Crippen LogP contribution in [0.4, 0.5) is 26.7 Å². The van der Waals surface area contributed by atoms with Gasteiger partial charge in [0.15, 0.2) is 22.5 Å². The smallest absolute Gasteiger partial charge is 0.206 e. The maximum Gasteiger partial charge on any atom is 0.206 e. The van der Waals surface area contributed by atoms with Gasteiger partial charge in [-0.3, -0.25) is 4.79 Å². The topological polar surface area (TPSA) is 78.5 Å². The largest absolute Gasteiger partial charge is 0.494 e. The molecule has 0 amide bonds. The summed E-state index contributed by atoms with van der Waals surface area (Å²) in [5.74, 6) is -0.329. The Morgan fingerprint density at radius 3 is 2.58 bits per heavy atom. The molecule has 1 aromatic heterocycles. The summed E-state index contributed by atoms with van der Waals surface area (Å²) in [6.07, 6.45) is 0. The molecule has 1 aliphatic rings. The van der Waals surface area contributed by atoms with Crippen LogP contribution in [0.15, 0.2) is 42.5 Å². The summed E-state index contributed by atoms with van der Waals surface area (Å²) < 4.78 is 19.0. The molecule has 0 atom stereocenters. The quantitative estimate of drug-likeness (QED) is 0.483. The van der Waals surface area contributed by atoms with E-state index in [2.05, 4.69) is 38.0 Å². The Labute approximate surface area is 184 Å². The highest BCUT2D eigenvalue weighted by Gasteiger charge is 2.20. The molecule has 0 radical (unpaired) electrons. The first kappa shape index (κ1) is 21.1. The molecule has 0 bridgehead atoms. The number of thiazole rings is 1. The summed E-state index contributed by atoms with van der Waals surface area (Å²) in [6, 6.07) is 12.3. The lowest BCUT2D eigenvalue weighted by molar-refractivity contribution is 0.104. The summed E-state index contributed by atoms with van der Waals surface area (Å²) in [4.78, 5) is 20.2. The van der Waals surface area contributed by atoms with Crippen molar-refractivity contribution < 1.29 is 13.9 Å². The van der Waals surface area contributed by atoms with Crippen molar-refractivity contribution in [2.45, 2.75) is 0 Å². The molecule has 0 aliphatic carbocycles. The standard InChI is InChI=1S/C22H24FN5O2S/c1-24-21-20(19(29)14-3-8-18(30-2)17(23)13-14)31-22(27-21)26-15-4-6-16(7-5-15)28-11-9-25-10-12-28/h3-8,13,24-25H,9-12H2,1-2H3,(H,26,27). The normalized spacial score (nSPS) is 13.7. The number of carbonyl (C=O) groups excluding carboxylic acids is 1. The number of hydrogen-bond donors (Lipinski definition) is 3. The number of halogens is 1. The summed E-state index contributed by atoms with van der Waals surface area (Å²) in [5.41, 5.74) is 2.30. The van der Waals surface area contributed by atoms with Crippen LogP contribution in [0.1, 0.15) is 15.2 Å². The number of piperazine rings is 1. The number of anilines is 4. The SMILES string of the molecule is CNc1nc(Nc2ccc(N3CCNCC3)cc2)sc1C(=O)c1ccc(OC)c(F)c1. The van der Waals surface area contributed by atoms with E-state index in [4.69, 9.17) is 4.74 Å². The zero-order valence-electron chi connectivity index (χ0n) is 17.4. The summed E-state index contributed by atoms with van der Waals surface area (Å²) in [7, 11) is 3.09. The molecular weight excluding hydrogens is 417 g/mol. The molecule has 2 heterocycles. The lowest BCUT2D eigenvalue weighted by Crippen LogP contribution is -2.43. The second kappa shape index (κ2) is 9.32. The number of rotatable bonds is 7. The zero-order valence-corrected chi connectivity index (χ0v) is 18.2. The Bertz CT molecular complexity index is 1060. The molecule has 7 nitrogen and oxygen atoms in total. The molecule has 3 N–H and O–H groups in total. The molecule has 1 fully saturated rings. The zero-order chi connectivity index (χ0) is 21.8. The maximum atomic E-state index is 14.0. The Morgan fingerprint density at radius 1 is 1.19 bits per heavy atom. The van der Waals surface area contributed by atoms with Crippen LogP contribution in [-0.2, 0) is 0 Å². The number of benzene rings is 2. The average molecular weight is 442 g/mol. The minimum absolute atomic E-state index is 0.0984. The van der Waals surface area contributed by atoms with E-state index < -0.39 is 5.82 Å². The molecule has 0 unspecified atom stereocenters. The number of hydrogen-bond acceptors (Lipinski definition) is 8. The van der Waals surface area contributed by atoms with Gasteiger partial charge in [-0.25, -0.2) is 9.37 Å². The number of aromatic nitrogens is 1. The Hall–Kier alpha value is -3.17. The average Bonchev–Trinajstić information content (AvgIpc) is 3.22. The van der Waals surface area contributed by atoms with Gasteiger partial charge in [-0.15, -0.1) is 0 Å². The van der Waals surface area contributed by atoms with Crippen molar-refractivity contribution in [1.82, 2.24) is 10.3 Å². The Morgan fingerprint density at radius 2 is 1.94 bits per heavy atom. The third-order valence-electron chi connectivity index (χ3n) is 5.08. The molecule has 3 aromatic rings. The highest BCUT2D eigenvalue weighted by Crippen LogP contribution is 2.32. The number of nitrogens with zero attached hydrogens (tertiary/aromatic N) is 2. The van der Waals surface area contributed by atoms with Crippen molar-refractivity contribution in [2.75, 3.05) is 55.9 Å². The number of carbonyl (C=O) groups is 1. The summed E-state index contributed by atoms with van der Waals surface area (Å²) >= 11 is 1.22. The van der Waals surface area contributed by atoms with Gasteiger partial charge >= 0.3 is 0 Å². The van der Waals surface area contributed by atoms with E-state index in [-0.39, 0.29) is 17.1 Å². The van der Waals surface area contributed by atoms with E-state index in [9.17, 15) is 9.18 Å². The van der Waals surface area contributed by atoms with Crippen molar-refractivity contribution >= 4 is 39.4 Å². The van der Waals surface area contributed by atoms with Crippen LogP contribution >= 0.6 is 11.3 Å². The lowest BCUT2D eigenvalue weighted by atomic mass is 10.1. The van der Waals surface area contributed by atoms with Gasteiger partial charge in [0.05, 0.1) is 7.11 Å². The molecule has 2 aromatic carbocycles. The number of ether oxygens (including phenoxy) is 1. The maximum absolute atomic E-state index is 14.0. The fourth-order valence-corrected chi connectivity index (χ4v) is 4.39. The highest BCUT2D eigenvalue weighted by atomic mass is 32.1. The molecule has 0 saturated carbocycles. The fraction of sp³-hybridized carbons (Fsp3) is 0.273. The van der Waals surface area contributed by atoms with Crippen LogP contribution in [0.25, 0.3) is 0 Å². The molecule has 31 heavy (non-hydrogen) atoms. The number of methoxy groups -OCH3 is 1. The van der Waals surface area contributed by atoms with Gasteiger partial charge in [-0.1, -0.05) is 11.3 Å². The van der Waals surface area contributed by atoms with Crippen LogP contribution in [0.5, 0.6) is 5.75 Å². The second-order valence-electron chi connectivity index (χ2n) is 7.03. The van der Waals surface area contributed by atoms with Crippen LogP contribution < -0.4 is 25.6 Å². The number of ketones is 1. The van der Waals surface area contributed by atoms with Gasteiger partial charge in [0.2, 0.25) is 5.78 Å². The highest BCUT2D eigenvalue weighted by molar-refractivity contribution is 7.18. The van der Waals surface area contributed by atoms with Gasteiger partial charge in [-0.2, -0.15) is 0 Å². The summed E-state index contributed by atoms with van der Waals surface area (Å²) in [5, 5.41) is 10.1. The minimum Gasteiger partial charge on any atom is -0.494 e. The Balaban J connectivity index is 1.51. The predicted molar refractivity (Wildman–Crippen MR) is 123 cm³/mol. The molecular formula is C22H24FN5O2S. The molecule has 1 aliphatic heterocycles. The Kier molecular flexibility index (Phi) is 6.34. The number of nitrogens with one attached hydrogen (secondary N) is 3. The van der Waals surface area contributed by atoms with Gasteiger partial charge in [0.1, 0.15) is 4.88 Å². The van der Waals surface area contributed by atoms with E-state index in [1.165, 1.54) is 36.3 Å². The van der Waals surface area contributed by atoms with Crippen LogP contribution in [0, 0.1) is 5.82 Å². The molecule has 9 heteroatoms. The van der Waals surface area contributed by atoms with E-state index in [1.807, 2.05) is 12.1 Å². The fourth-order valence-electron chi connectivity index (χ4n) is 3.44. The predicted octanol–water partition coefficient (Wildman–Crippen LogP) is 3.72. The third kappa shape index (κ3) is 4.62. The first-order valence-corrected chi connectivity index (χ1v) is 10.8. The third-order valence-corrected chi connectivity index (χ3v) is 6.05. The summed E-state index contributed by atoms with van der Waals surface area (Å²) in [6.45, 7) is 3.95. The monoisotopic (exact) mass is 441 g/mol. The van der Waals surface area contributed by atoms with Crippen LogP contribution in [-0.4, -0.2) is 51.1 Å².